The van der Waals surface area contributed by atoms with Crippen molar-refractivity contribution in [2.45, 2.75) is 5.03 Å². The summed E-state index contributed by atoms with van der Waals surface area (Å²) in [6.07, 6.45) is 3.49. The highest BCUT2D eigenvalue weighted by Gasteiger charge is 2.17. The molecule has 1 N–H and O–H groups in total. The summed E-state index contributed by atoms with van der Waals surface area (Å²) >= 11 is 6.83. The number of rotatable bonds is 3. The Balaban J connectivity index is 2.36. The number of halogens is 1. The highest BCUT2D eigenvalue weighted by molar-refractivity contribution is 7.90. The summed E-state index contributed by atoms with van der Waals surface area (Å²) in [6, 6.07) is 1.13. The van der Waals surface area contributed by atoms with Crippen molar-refractivity contribution in [2.75, 3.05) is 11.6 Å². The van der Waals surface area contributed by atoms with Crippen LogP contribution in [0.1, 0.15) is 10.4 Å². The largest absolute Gasteiger partial charge is 0.311 e. The van der Waals surface area contributed by atoms with Crippen LogP contribution in [0, 0.1) is 0 Å². The molecule has 0 spiro atoms. The van der Waals surface area contributed by atoms with Crippen LogP contribution in [0.25, 0.3) is 0 Å². The van der Waals surface area contributed by atoms with E-state index in [-0.39, 0.29) is 15.6 Å². The third-order valence-electron chi connectivity index (χ3n) is 2.05. The third-order valence-corrected chi connectivity index (χ3v) is 3.92. The van der Waals surface area contributed by atoms with Gasteiger partial charge in [0.1, 0.15) is 5.00 Å². The summed E-state index contributed by atoms with van der Waals surface area (Å²) in [5.74, 6) is -0.552. The zero-order valence-electron chi connectivity index (χ0n) is 9.49. The molecule has 0 unspecified atom stereocenters. The van der Waals surface area contributed by atoms with Gasteiger partial charge < -0.3 is 5.32 Å². The van der Waals surface area contributed by atoms with Crippen LogP contribution < -0.4 is 5.32 Å². The zero-order valence-corrected chi connectivity index (χ0v) is 11.9. The number of carbonyl (C=O) groups is 1. The molecule has 100 valence electrons. The summed E-state index contributed by atoms with van der Waals surface area (Å²) in [5, 5.41) is 6.34. The second-order valence-electron chi connectivity index (χ2n) is 3.51. The van der Waals surface area contributed by atoms with Crippen LogP contribution in [0.3, 0.4) is 0 Å². The van der Waals surface area contributed by atoms with Gasteiger partial charge in [0, 0.05) is 24.0 Å². The quantitative estimate of drug-likeness (QED) is 0.913. The van der Waals surface area contributed by atoms with E-state index in [0.29, 0.717) is 5.00 Å². The maximum absolute atomic E-state index is 11.9. The molecule has 2 aromatic rings. The van der Waals surface area contributed by atoms with Crippen molar-refractivity contribution in [3.63, 3.8) is 0 Å². The second kappa shape index (κ2) is 5.19. The van der Waals surface area contributed by atoms with Gasteiger partial charge in [-0.1, -0.05) is 16.1 Å². The van der Waals surface area contributed by atoms with Crippen molar-refractivity contribution in [2.24, 2.45) is 0 Å². The number of hydrogen-bond donors (Lipinski definition) is 1. The van der Waals surface area contributed by atoms with E-state index in [4.69, 9.17) is 11.6 Å². The van der Waals surface area contributed by atoms with Crippen molar-refractivity contribution in [1.29, 1.82) is 0 Å². The predicted octanol–water partition coefficient (Wildman–Crippen LogP) is 1.24. The molecule has 1 amide bonds. The normalized spacial score (nSPS) is 11.3. The summed E-state index contributed by atoms with van der Waals surface area (Å²) in [5.41, 5.74) is 0.0190. The fourth-order valence-electron chi connectivity index (χ4n) is 1.20. The van der Waals surface area contributed by atoms with Crippen LogP contribution in [0.2, 0.25) is 5.02 Å². The monoisotopic (exact) mass is 318 g/mol. The molecule has 2 aromatic heterocycles. The first-order valence-electron chi connectivity index (χ1n) is 4.82. The van der Waals surface area contributed by atoms with E-state index in [2.05, 4.69) is 19.9 Å². The number of hydrogen-bond acceptors (Lipinski definition) is 7. The minimum atomic E-state index is -3.51. The number of anilines is 1. The number of amides is 1. The fraction of sp³-hybridized carbons (Fsp3) is 0.111. The molecule has 19 heavy (non-hydrogen) atoms. The topological polar surface area (TPSA) is 102 Å². The van der Waals surface area contributed by atoms with E-state index >= 15 is 0 Å². The van der Waals surface area contributed by atoms with Crippen LogP contribution in [-0.2, 0) is 9.84 Å². The number of pyridine rings is 1. The first-order chi connectivity index (χ1) is 8.88. The van der Waals surface area contributed by atoms with Crippen LogP contribution in [0.5, 0.6) is 0 Å². The smallest absolute Gasteiger partial charge is 0.258 e. The molecular weight excluding hydrogens is 312 g/mol. The Morgan fingerprint density at radius 2 is 2.16 bits per heavy atom. The van der Waals surface area contributed by atoms with Crippen molar-refractivity contribution in [1.82, 2.24) is 14.6 Å². The lowest BCUT2D eigenvalue weighted by Crippen LogP contribution is -2.13. The molecule has 0 aliphatic heterocycles. The van der Waals surface area contributed by atoms with Crippen molar-refractivity contribution in [3.8, 4) is 0 Å². The SMILES string of the molecule is CS(=O)(=O)c1cc(C(=O)Nc2cnns2)c(Cl)cn1. The number of sulfone groups is 1. The van der Waals surface area contributed by atoms with E-state index in [1.807, 2.05) is 0 Å². The lowest BCUT2D eigenvalue weighted by molar-refractivity contribution is 0.102. The molecule has 0 fully saturated rings. The first-order valence-corrected chi connectivity index (χ1v) is 7.86. The van der Waals surface area contributed by atoms with Gasteiger partial charge in [0.25, 0.3) is 5.91 Å². The minimum absolute atomic E-state index is 0.0190. The minimum Gasteiger partial charge on any atom is -0.311 e. The molecule has 0 aliphatic carbocycles. The molecule has 0 radical (unpaired) electrons. The van der Waals surface area contributed by atoms with Gasteiger partial charge in [0.15, 0.2) is 14.9 Å². The second-order valence-corrected chi connectivity index (χ2v) is 6.67. The van der Waals surface area contributed by atoms with E-state index in [0.717, 1.165) is 30.1 Å². The molecule has 0 atom stereocenters. The summed E-state index contributed by atoms with van der Waals surface area (Å²) in [4.78, 5) is 15.6. The maximum atomic E-state index is 11.9. The van der Waals surface area contributed by atoms with Gasteiger partial charge >= 0.3 is 0 Å². The maximum Gasteiger partial charge on any atom is 0.258 e. The number of nitrogens with one attached hydrogen (secondary N) is 1. The predicted molar refractivity (Wildman–Crippen MR) is 70.2 cm³/mol. The van der Waals surface area contributed by atoms with E-state index in [1.165, 1.54) is 6.20 Å². The molecule has 7 nitrogen and oxygen atoms in total. The molecule has 10 heteroatoms. The van der Waals surface area contributed by atoms with Gasteiger partial charge in [-0.2, -0.15) is 0 Å². The molecule has 0 aliphatic rings. The van der Waals surface area contributed by atoms with E-state index < -0.39 is 15.7 Å². The lowest BCUT2D eigenvalue weighted by Gasteiger charge is -2.05. The van der Waals surface area contributed by atoms with Crippen molar-refractivity contribution in [3.05, 3.63) is 29.0 Å². The summed E-state index contributed by atoms with van der Waals surface area (Å²) < 4.78 is 26.3. The molecule has 0 aromatic carbocycles. The molecule has 0 bridgehead atoms. The molecular formula is C9H7ClN4O3S2. The van der Waals surface area contributed by atoms with Gasteiger partial charge in [-0.05, 0) is 6.07 Å². The highest BCUT2D eigenvalue weighted by atomic mass is 35.5. The Kier molecular flexibility index (Phi) is 3.78. The van der Waals surface area contributed by atoms with E-state index in [1.54, 1.807) is 0 Å². The van der Waals surface area contributed by atoms with Crippen LogP contribution in [0.15, 0.2) is 23.5 Å². The molecule has 0 saturated heterocycles. The van der Waals surface area contributed by atoms with Gasteiger partial charge in [0.05, 0.1) is 16.8 Å². The van der Waals surface area contributed by atoms with Crippen molar-refractivity contribution >= 4 is 43.9 Å². The number of nitrogens with zero attached hydrogens (tertiary/aromatic N) is 3. The van der Waals surface area contributed by atoms with Gasteiger partial charge in [-0.15, -0.1) is 5.10 Å². The van der Waals surface area contributed by atoms with Crippen LogP contribution in [0.4, 0.5) is 5.00 Å². The fourth-order valence-corrected chi connectivity index (χ4v) is 2.38. The standard InChI is InChI=1S/C9H7ClN4O3S2/c1-19(16,17)8-2-5(6(10)3-11-8)9(15)13-7-4-12-14-18-7/h2-4H,1H3,(H,13,15). The molecule has 0 saturated carbocycles. The van der Waals surface area contributed by atoms with Gasteiger partial charge in [-0.3, -0.25) is 4.79 Å². The third kappa shape index (κ3) is 3.25. The number of aromatic nitrogens is 3. The average molecular weight is 319 g/mol. The van der Waals surface area contributed by atoms with Gasteiger partial charge in [0.2, 0.25) is 0 Å². The Morgan fingerprint density at radius 3 is 2.74 bits per heavy atom. The van der Waals surface area contributed by atoms with Crippen LogP contribution >= 0.6 is 23.1 Å². The first kappa shape index (κ1) is 13.8. The Hall–Kier alpha value is -1.58. The Bertz CT molecular complexity index is 715. The summed E-state index contributed by atoms with van der Waals surface area (Å²) in [7, 11) is -3.51. The van der Waals surface area contributed by atoms with Crippen molar-refractivity contribution < 1.29 is 13.2 Å². The Labute approximate surface area is 117 Å². The number of carbonyl (C=O) groups excluding carboxylic acids is 1. The van der Waals surface area contributed by atoms with E-state index in [9.17, 15) is 13.2 Å². The lowest BCUT2D eigenvalue weighted by atomic mass is 10.2. The average Bonchev–Trinajstić information content (AvgIpc) is 2.80. The zero-order chi connectivity index (χ0) is 14.0. The molecule has 2 rings (SSSR count). The van der Waals surface area contributed by atoms with Gasteiger partial charge in [-0.25, -0.2) is 13.4 Å². The molecule has 2 heterocycles. The van der Waals surface area contributed by atoms with Crippen LogP contribution in [-0.4, -0.2) is 35.2 Å². The highest BCUT2D eigenvalue weighted by Crippen LogP contribution is 2.20. The Morgan fingerprint density at radius 1 is 1.42 bits per heavy atom. The summed E-state index contributed by atoms with van der Waals surface area (Å²) in [6.45, 7) is 0.